The van der Waals surface area contributed by atoms with Crippen LogP contribution in [0.15, 0.2) is 0 Å². The average Bonchev–Trinajstić information content (AvgIpc) is 2.56. The first-order valence-corrected chi connectivity index (χ1v) is 8.55. The first-order chi connectivity index (χ1) is 10.6. The predicted molar refractivity (Wildman–Crippen MR) is 101 cm³/mol. The monoisotopic (exact) mass is 382 g/mol. The van der Waals surface area contributed by atoms with Crippen LogP contribution in [0.2, 0.25) is 0 Å². The van der Waals surface area contributed by atoms with Crippen molar-refractivity contribution in [3.63, 3.8) is 0 Å². The van der Waals surface area contributed by atoms with Gasteiger partial charge in [0, 0.05) is 51.7 Å². The zero-order chi connectivity index (χ0) is 15.9. The van der Waals surface area contributed by atoms with Crippen molar-refractivity contribution in [2.75, 3.05) is 59.4 Å². The first-order valence-electron chi connectivity index (χ1n) is 8.55. The summed E-state index contributed by atoms with van der Waals surface area (Å²) in [7, 11) is 1.87. The van der Waals surface area contributed by atoms with Gasteiger partial charge in [0.25, 0.3) is 0 Å². The fraction of sp³-hybridized carbons (Fsp3) is 0.875. The van der Waals surface area contributed by atoms with Crippen LogP contribution in [-0.4, -0.2) is 85.9 Å². The van der Waals surface area contributed by atoms with E-state index in [4.69, 9.17) is 0 Å². The van der Waals surface area contributed by atoms with Crippen molar-refractivity contribution in [3.8, 4) is 0 Å². The molecule has 0 aromatic heterocycles. The summed E-state index contributed by atoms with van der Waals surface area (Å²) in [5, 5.41) is 3.05. The smallest absolute Gasteiger partial charge is 0.236 e. The van der Waals surface area contributed by atoms with Gasteiger partial charge in [-0.15, -0.1) is 24.8 Å². The van der Waals surface area contributed by atoms with Crippen LogP contribution >= 0.6 is 24.8 Å². The van der Waals surface area contributed by atoms with E-state index in [9.17, 15) is 9.59 Å². The van der Waals surface area contributed by atoms with E-state index in [1.165, 1.54) is 6.42 Å². The van der Waals surface area contributed by atoms with Crippen LogP contribution in [0.4, 0.5) is 0 Å². The minimum absolute atomic E-state index is 0. The van der Waals surface area contributed by atoms with Gasteiger partial charge in [0.15, 0.2) is 0 Å². The van der Waals surface area contributed by atoms with Crippen molar-refractivity contribution >= 4 is 36.6 Å². The van der Waals surface area contributed by atoms with E-state index in [0.29, 0.717) is 13.1 Å². The molecule has 2 fully saturated rings. The first kappa shape index (κ1) is 23.4. The van der Waals surface area contributed by atoms with Crippen LogP contribution < -0.4 is 5.32 Å². The molecular formula is C16H32Cl2N4O2. The summed E-state index contributed by atoms with van der Waals surface area (Å²) in [6.45, 7) is 8.10. The minimum Gasteiger partial charge on any atom is -0.342 e. The van der Waals surface area contributed by atoms with E-state index in [1.807, 2.05) is 23.8 Å². The number of rotatable bonds is 5. The number of piperidine rings is 1. The molecular weight excluding hydrogens is 351 g/mol. The lowest BCUT2D eigenvalue weighted by Crippen LogP contribution is -2.53. The van der Waals surface area contributed by atoms with E-state index in [-0.39, 0.29) is 42.5 Å². The Morgan fingerprint density at radius 1 is 0.917 bits per heavy atom. The van der Waals surface area contributed by atoms with Gasteiger partial charge in [-0.3, -0.25) is 14.5 Å². The fourth-order valence-electron chi connectivity index (χ4n) is 3.27. The highest BCUT2D eigenvalue weighted by atomic mass is 35.5. The molecule has 0 aliphatic carbocycles. The molecule has 24 heavy (non-hydrogen) atoms. The highest BCUT2D eigenvalue weighted by molar-refractivity contribution is 5.85. The SMILES string of the molecule is CNCC(C)C(=O)N1CCN(CC(=O)N2CCCCC2)CC1.Cl.Cl. The summed E-state index contributed by atoms with van der Waals surface area (Å²) in [4.78, 5) is 30.6. The maximum atomic E-state index is 12.3. The Labute approximate surface area is 158 Å². The number of hydrogen-bond donors (Lipinski definition) is 1. The molecule has 1 N–H and O–H groups in total. The van der Waals surface area contributed by atoms with Gasteiger partial charge in [0.05, 0.1) is 6.54 Å². The Morgan fingerprint density at radius 3 is 2.04 bits per heavy atom. The third-order valence-electron chi connectivity index (χ3n) is 4.68. The number of halogens is 2. The summed E-state index contributed by atoms with van der Waals surface area (Å²) in [5.74, 6) is 0.492. The molecule has 6 nitrogen and oxygen atoms in total. The molecule has 0 radical (unpaired) electrons. The fourth-order valence-corrected chi connectivity index (χ4v) is 3.27. The molecule has 0 aromatic carbocycles. The minimum atomic E-state index is 0. The molecule has 2 heterocycles. The molecule has 0 aromatic rings. The summed E-state index contributed by atoms with van der Waals surface area (Å²) in [6, 6.07) is 0. The number of hydrogen-bond acceptors (Lipinski definition) is 4. The highest BCUT2D eigenvalue weighted by Crippen LogP contribution is 2.11. The van der Waals surface area contributed by atoms with Gasteiger partial charge in [0.1, 0.15) is 0 Å². The Bertz CT molecular complexity index is 384. The molecule has 1 atom stereocenters. The lowest BCUT2D eigenvalue weighted by atomic mass is 10.1. The van der Waals surface area contributed by atoms with Gasteiger partial charge in [-0.25, -0.2) is 0 Å². The number of likely N-dealkylation sites (tertiary alicyclic amines) is 1. The molecule has 2 aliphatic heterocycles. The molecule has 142 valence electrons. The molecule has 2 amide bonds. The van der Waals surface area contributed by atoms with Crippen molar-refractivity contribution < 1.29 is 9.59 Å². The van der Waals surface area contributed by atoms with Crippen molar-refractivity contribution in [3.05, 3.63) is 0 Å². The number of nitrogens with zero attached hydrogens (tertiary/aromatic N) is 3. The second-order valence-electron chi connectivity index (χ2n) is 6.50. The number of carbonyl (C=O) groups excluding carboxylic acids is 2. The summed E-state index contributed by atoms with van der Waals surface area (Å²) in [5.41, 5.74) is 0. The van der Waals surface area contributed by atoms with Crippen molar-refractivity contribution in [1.82, 2.24) is 20.0 Å². The zero-order valence-electron chi connectivity index (χ0n) is 14.8. The molecule has 2 rings (SSSR count). The number of amides is 2. The topological polar surface area (TPSA) is 55.9 Å². The van der Waals surface area contributed by atoms with Crippen LogP contribution in [0.25, 0.3) is 0 Å². The van der Waals surface area contributed by atoms with Crippen molar-refractivity contribution in [2.24, 2.45) is 5.92 Å². The zero-order valence-corrected chi connectivity index (χ0v) is 16.5. The molecule has 0 spiro atoms. The van der Waals surface area contributed by atoms with E-state index in [0.717, 1.165) is 52.1 Å². The standard InChI is InChI=1S/C16H30N4O2.2ClH/c1-14(12-17-2)16(22)20-10-8-18(9-11-20)13-15(21)19-6-4-3-5-7-19;;/h14,17H,3-13H2,1-2H3;2*1H. The largest absolute Gasteiger partial charge is 0.342 e. The number of nitrogens with one attached hydrogen (secondary N) is 1. The quantitative estimate of drug-likeness (QED) is 0.765. The number of piperazine rings is 1. The molecule has 8 heteroatoms. The summed E-state index contributed by atoms with van der Waals surface area (Å²) in [6.07, 6.45) is 3.52. The predicted octanol–water partition coefficient (Wildman–Crippen LogP) is 0.842. The van der Waals surface area contributed by atoms with Crippen LogP contribution in [0.3, 0.4) is 0 Å². The normalized spacial score (nSPS) is 19.9. The van der Waals surface area contributed by atoms with E-state index < -0.39 is 0 Å². The number of carbonyl (C=O) groups is 2. The Morgan fingerprint density at radius 2 is 1.50 bits per heavy atom. The Hall–Kier alpha value is -0.560. The molecule has 0 bridgehead atoms. The van der Waals surface area contributed by atoms with Gasteiger partial charge in [-0.2, -0.15) is 0 Å². The molecule has 2 saturated heterocycles. The van der Waals surface area contributed by atoms with E-state index >= 15 is 0 Å². The van der Waals surface area contributed by atoms with Gasteiger partial charge in [-0.1, -0.05) is 6.92 Å². The lowest BCUT2D eigenvalue weighted by Gasteiger charge is -2.37. The van der Waals surface area contributed by atoms with Crippen LogP contribution in [0.5, 0.6) is 0 Å². The average molecular weight is 383 g/mol. The van der Waals surface area contributed by atoms with Crippen LogP contribution in [0, 0.1) is 5.92 Å². The van der Waals surface area contributed by atoms with Gasteiger partial charge in [0.2, 0.25) is 11.8 Å². The Kier molecular flexibility index (Phi) is 11.6. The molecule has 0 saturated carbocycles. The maximum Gasteiger partial charge on any atom is 0.236 e. The second kappa shape index (κ2) is 11.9. The van der Waals surface area contributed by atoms with Crippen molar-refractivity contribution in [2.45, 2.75) is 26.2 Å². The van der Waals surface area contributed by atoms with Crippen LogP contribution in [-0.2, 0) is 9.59 Å². The second-order valence-corrected chi connectivity index (χ2v) is 6.50. The highest BCUT2D eigenvalue weighted by Gasteiger charge is 2.26. The third kappa shape index (κ3) is 6.75. The Balaban J connectivity index is 0.00000264. The molecule has 2 aliphatic rings. The van der Waals surface area contributed by atoms with E-state index in [2.05, 4.69) is 10.2 Å². The maximum absolute atomic E-state index is 12.3. The van der Waals surface area contributed by atoms with Gasteiger partial charge < -0.3 is 15.1 Å². The molecule has 1 unspecified atom stereocenters. The summed E-state index contributed by atoms with van der Waals surface area (Å²) < 4.78 is 0. The van der Waals surface area contributed by atoms with Crippen molar-refractivity contribution in [1.29, 1.82) is 0 Å². The van der Waals surface area contributed by atoms with E-state index in [1.54, 1.807) is 0 Å². The van der Waals surface area contributed by atoms with Gasteiger partial charge in [-0.05, 0) is 26.3 Å². The van der Waals surface area contributed by atoms with Crippen LogP contribution in [0.1, 0.15) is 26.2 Å². The summed E-state index contributed by atoms with van der Waals surface area (Å²) >= 11 is 0. The van der Waals surface area contributed by atoms with Gasteiger partial charge >= 0.3 is 0 Å². The third-order valence-corrected chi connectivity index (χ3v) is 4.68. The lowest BCUT2D eigenvalue weighted by molar-refractivity contribution is -0.137.